The van der Waals surface area contributed by atoms with E-state index in [-0.39, 0.29) is 17.5 Å². The van der Waals surface area contributed by atoms with Crippen molar-refractivity contribution in [1.82, 2.24) is 9.47 Å². The zero-order valence-electron chi connectivity index (χ0n) is 20.8. The minimum absolute atomic E-state index is 0.188. The molecule has 0 spiro atoms. The smallest absolute Gasteiger partial charge is 0.161 e. The van der Waals surface area contributed by atoms with Gasteiger partial charge in [-0.25, -0.2) is 0 Å². The molecule has 0 radical (unpaired) electrons. The van der Waals surface area contributed by atoms with Crippen molar-refractivity contribution in [3.63, 3.8) is 0 Å². The van der Waals surface area contributed by atoms with Gasteiger partial charge in [-0.1, -0.05) is 48.5 Å². The van der Waals surface area contributed by atoms with E-state index in [0.717, 1.165) is 71.2 Å². The van der Waals surface area contributed by atoms with Crippen LogP contribution < -0.4 is 0 Å². The van der Waals surface area contributed by atoms with Crippen molar-refractivity contribution in [2.75, 3.05) is 20.3 Å². The summed E-state index contributed by atoms with van der Waals surface area (Å²) >= 11 is 0. The number of Topliss-reactive ketones (excluding diaryl/α,β-unsaturated/α-hetero) is 2. The molecule has 36 heavy (non-hydrogen) atoms. The highest BCUT2D eigenvalue weighted by molar-refractivity contribution is 6.07. The summed E-state index contributed by atoms with van der Waals surface area (Å²) in [4.78, 5) is 29.4. The second kappa shape index (κ2) is 9.55. The predicted molar refractivity (Wildman–Crippen MR) is 141 cm³/mol. The summed E-state index contributed by atoms with van der Waals surface area (Å²) in [5.41, 5.74) is 7.35. The van der Waals surface area contributed by atoms with Crippen molar-refractivity contribution in [2.24, 2.45) is 0 Å². The van der Waals surface area contributed by atoms with E-state index in [0.29, 0.717) is 26.0 Å². The van der Waals surface area contributed by atoms with Crippen LogP contribution in [0.1, 0.15) is 55.6 Å². The van der Waals surface area contributed by atoms with Crippen molar-refractivity contribution in [3.05, 3.63) is 94.5 Å². The Balaban J connectivity index is 1.56. The van der Waals surface area contributed by atoms with Gasteiger partial charge in [0, 0.05) is 78.6 Å². The van der Waals surface area contributed by atoms with Crippen LogP contribution >= 0.6 is 0 Å². The average Bonchev–Trinajstić information content (AvgIpc) is 3.26. The lowest BCUT2D eigenvalue weighted by Crippen LogP contribution is -2.40. The number of fused-ring (bicyclic) bond motifs is 1. The van der Waals surface area contributed by atoms with Crippen molar-refractivity contribution < 1.29 is 14.3 Å². The van der Waals surface area contributed by atoms with Gasteiger partial charge in [0.2, 0.25) is 0 Å². The molecular formula is C31H32N2O3. The van der Waals surface area contributed by atoms with Crippen molar-refractivity contribution in [3.8, 4) is 0 Å². The maximum atomic E-state index is 13.6. The summed E-state index contributed by atoms with van der Waals surface area (Å²) in [5, 5.41) is 1.12. The molecule has 5 heteroatoms. The van der Waals surface area contributed by atoms with Gasteiger partial charge in [0.05, 0.1) is 6.61 Å². The van der Waals surface area contributed by atoms with E-state index in [1.54, 1.807) is 7.11 Å². The second-order valence-electron chi connectivity index (χ2n) is 10.1. The van der Waals surface area contributed by atoms with Crippen LogP contribution in [0.15, 0.2) is 83.3 Å². The van der Waals surface area contributed by atoms with Crippen LogP contribution in [0.2, 0.25) is 0 Å². The van der Waals surface area contributed by atoms with Crippen molar-refractivity contribution >= 4 is 22.5 Å². The van der Waals surface area contributed by atoms with Gasteiger partial charge in [-0.05, 0) is 42.9 Å². The first-order valence-electron chi connectivity index (χ1n) is 13.1. The van der Waals surface area contributed by atoms with Gasteiger partial charge in [0.15, 0.2) is 11.6 Å². The summed E-state index contributed by atoms with van der Waals surface area (Å²) in [7, 11) is 1.71. The zero-order valence-corrected chi connectivity index (χ0v) is 20.8. The monoisotopic (exact) mass is 480 g/mol. The molecule has 1 aliphatic heterocycles. The molecule has 0 bridgehead atoms. The molecule has 2 heterocycles. The third-order valence-corrected chi connectivity index (χ3v) is 7.93. The van der Waals surface area contributed by atoms with Gasteiger partial charge < -0.3 is 14.2 Å². The van der Waals surface area contributed by atoms with Gasteiger partial charge in [-0.3, -0.25) is 9.59 Å². The highest BCUT2D eigenvalue weighted by atomic mass is 16.5. The standard InChI is InChI=1S/C31H32N2O3/c1-36-18-17-33-25-13-7-15-27(34)30(25)29(31-26(33)14-8-16-28(31)35)23-20-32(19-21-9-3-2-4-10-21)24-12-6-5-11-22(23)24/h2-6,9-12,20,29H,7-8,13-19H2,1H3. The van der Waals surface area contributed by atoms with Crippen LogP contribution in [0.3, 0.4) is 0 Å². The Hall–Kier alpha value is -3.44. The number of methoxy groups -OCH3 is 1. The first-order valence-corrected chi connectivity index (χ1v) is 13.1. The van der Waals surface area contributed by atoms with Gasteiger partial charge in [-0.15, -0.1) is 0 Å². The molecule has 3 aromatic rings. The number of rotatable bonds is 6. The summed E-state index contributed by atoms with van der Waals surface area (Å²) < 4.78 is 7.70. The second-order valence-corrected chi connectivity index (χ2v) is 10.1. The van der Waals surface area contributed by atoms with Crippen molar-refractivity contribution in [2.45, 2.75) is 51.0 Å². The highest BCUT2D eigenvalue weighted by Crippen LogP contribution is 2.50. The molecule has 1 aromatic heterocycles. The first kappa shape index (κ1) is 23.0. The fourth-order valence-corrected chi connectivity index (χ4v) is 6.40. The highest BCUT2D eigenvalue weighted by Gasteiger charge is 2.44. The van der Waals surface area contributed by atoms with Crippen LogP contribution in [0.25, 0.3) is 10.9 Å². The Morgan fingerprint density at radius 2 is 1.47 bits per heavy atom. The zero-order chi connectivity index (χ0) is 24.6. The number of para-hydroxylation sites is 1. The number of carbonyl (C=O) groups excluding carboxylic acids is 2. The molecule has 0 atom stereocenters. The van der Waals surface area contributed by atoms with Gasteiger partial charge >= 0.3 is 0 Å². The molecule has 0 saturated heterocycles. The number of nitrogens with zero attached hydrogens (tertiary/aromatic N) is 2. The molecular weight excluding hydrogens is 448 g/mol. The first-order chi connectivity index (χ1) is 17.7. The lowest BCUT2D eigenvalue weighted by atomic mass is 9.71. The number of carbonyl (C=O) groups is 2. The van der Waals surface area contributed by atoms with E-state index in [9.17, 15) is 9.59 Å². The Morgan fingerprint density at radius 1 is 0.833 bits per heavy atom. The molecule has 0 fully saturated rings. The number of hydrogen-bond acceptors (Lipinski definition) is 4. The van der Waals surface area contributed by atoms with Crippen LogP contribution in [0.5, 0.6) is 0 Å². The molecule has 0 amide bonds. The SMILES string of the molecule is COCCN1C2=C(C(=O)CCC2)C(c2cn(Cc3ccccc3)c3ccccc23)C2=C1CCCC2=O. The maximum absolute atomic E-state index is 13.6. The normalized spacial score (nSPS) is 18.8. The van der Waals surface area contributed by atoms with E-state index < -0.39 is 0 Å². The summed E-state index contributed by atoms with van der Waals surface area (Å²) in [6.45, 7) is 1.99. The molecule has 2 aromatic carbocycles. The van der Waals surface area contributed by atoms with Crippen LogP contribution in [-0.4, -0.2) is 41.3 Å². The van der Waals surface area contributed by atoms with Crippen LogP contribution in [0.4, 0.5) is 0 Å². The number of allylic oxidation sites excluding steroid dienone is 4. The lowest BCUT2D eigenvalue weighted by Gasteiger charge is -2.43. The summed E-state index contributed by atoms with van der Waals surface area (Å²) in [6, 6.07) is 18.8. The number of aromatic nitrogens is 1. The predicted octanol–water partition coefficient (Wildman–Crippen LogP) is 5.75. The molecule has 0 unspecified atom stereocenters. The Morgan fingerprint density at radius 3 is 2.14 bits per heavy atom. The third kappa shape index (κ3) is 3.82. The van der Waals surface area contributed by atoms with Gasteiger partial charge in [0.1, 0.15) is 0 Å². The third-order valence-electron chi connectivity index (χ3n) is 7.93. The molecule has 6 rings (SSSR count). The quantitative estimate of drug-likeness (QED) is 0.451. The van der Waals surface area contributed by atoms with Gasteiger partial charge in [-0.2, -0.15) is 0 Å². The molecule has 0 N–H and O–H groups in total. The van der Waals surface area contributed by atoms with Gasteiger partial charge in [0.25, 0.3) is 0 Å². The molecule has 0 saturated carbocycles. The number of benzene rings is 2. The molecule has 184 valence electrons. The molecule has 3 aliphatic rings. The van der Waals surface area contributed by atoms with Crippen LogP contribution in [0, 0.1) is 0 Å². The lowest BCUT2D eigenvalue weighted by molar-refractivity contribution is -0.117. The summed E-state index contributed by atoms with van der Waals surface area (Å²) in [6.07, 6.45) is 6.76. The van der Waals surface area contributed by atoms with Crippen molar-refractivity contribution in [1.29, 1.82) is 0 Å². The Kier molecular flexibility index (Phi) is 6.10. The van der Waals surface area contributed by atoms with E-state index in [2.05, 4.69) is 64.2 Å². The number of ether oxygens (including phenoxy) is 1. The Labute approximate surface area is 212 Å². The minimum Gasteiger partial charge on any atom is -0.383 e. The van der Waals surface area contributed by atoms with E-state index >= 15 is 0 Å². The maximum Gasteiger partial charge on any atom is 0.161 e. The van der Waals surface area contributed by atoms with E-state index in [1.165, 1.54) is 5.56 Å². The largest absolute Gasteiger partial charge is 0.383 e. The molecule has 2 aliphatic carbocycles. The topological polar surface area (TPSA) is 51.5 Å². The number of ketones is 2. The number of hydrogen-bond donors (Lipinski definition) is 0. The van der Waals surface area contributed by atoms with E-state index in [4.69, 9.17) is 4.74 Å². The minimum atomic E-state index is -0.295. The summed E-state index contributed by atoms with van der Waals surface area (Å²) in [5.74, 6) is 0.0817. The molecule has 5 nitrogen and oxygen atoms in total. The fourth-order valence-electron chi connectivity index (χ4n) is 6.40. The fraction of sp³-hybridized carbons (Fsp3) is 0.355. The van der Waals surface area contributed by atoms with Crippen LogP contribution in [-0.2, 0) is 20.9 Å². The average molecular weight is 481 g/mol. The van der Waals surface area contributed by atoms with E-state index in [1.807, 2.05) is 6.07 Å². The Bertz CT molecular complexity index is 1350.